The molecule has 4 heteroatoms. The van der Waals surface area contributed by atoms with E-state index in [0.29, 0.717) is 18.2 Å². The lowest BCUT2D eigenvalue weighted by atomic mass is 10.0. The van der Waals surface area contributed by atoms with Crippen LogP contribution in [-0.4, -0.2) is 41.5 Å². The number of carbonyl (C=O) groups is 1. The molecular weight excluding hydrogens is 238 g/mol. The highest BCUT2D eigenvalue weighted by atomic mass is 16.1. The molecule has 1 aliphatic rings. The molecule has 0 aromatic carbocycles. The molecule has 1 amide bonds. The molecular formula is C15H23N3O. The number of aromatic nitrogens is 1. The minimum absolute atomic E-state index is 0.0304. The van der Waals surface area contributed by atoms with Gasteiger partial charge in [-0.25, -0.2) is 0 Å². The zero-order valence-corrected chi connectivity index (χ0v) is 11.9. The second-order valence-electron chi connectivity index (χ2n) is 5.32. The third kappa shape index (κ3) is 4.03. The van der Waals surface area contributed by atoms with Gasteiger partial charge >= 0.3 is 0 Å². The maximum absolute atomic E-state index is 11.9. The van der Waals surface area contributed by atoms with Crippen molar-refractivity contribution in [3.63, 3.8) is 0 Å². The van der Waals surface area contributed by atoms with E-state index in [-0.39, 0.29) is 5.91 Å². The summed E-state index contributed by atoms with van der Waals surface area (Å²) in [5, 5.41) is 2.97. The Balaban J connectivity index is 1.76. The molecule has 2 rings (SSSR count). The van der Waals surface area contributed by atoms with Gasteiger partial charge in [0.25, 0.3) is 5.91 Å². The zero-order valence-electron chi connectivity index (χ0n) is 11.9. The summed E-state index contributed by atoms with van der Waals surface area (Å²) in [6.45, 7) is 6.98. The Hall–Kier alpha value is -1.42. The summed E-state index contributed by atoms with van der Waals surface area (Å²) in [6, 6.07) is 4.33. The van der Waals surface area contributed by atoms with Crippen LogP contribution in [0.2, 0.25) is 0 Å². The Morgan fingerprint density at radius 1 is 1.47 bits per heavy atom. The molecule has 1 fully saturated rings. The van der Waals surface area contributed by atoms with Crippen LogP contribution in [0.1, 0.15) is 42.2 Å². The van der Waals surface area contributed by atoms with Crippen LogP contribution in [0.15, 0.2) is 18.3 Å². The standard InChI is InChI=1S/C15H23N3O/c1-12-6-7-14(11-17-12)15(19)16-8-10-18-9-4-3-5-13(18)2/h6-7,11,13H,3-5,8-10H2,1-2H3,(H,16,19). The second kappa shape index (κ2) is 6.66. The van der Waals surface area contributed by atoms with Crippen LogP contribution in [0, 0.1) is 6.92 Å². The number of hydrogen-bond acceptors (Lipinski definition) is 3. The van der Waals surface area contributed by atoms with Crippen LogP contribution in [0.3, 0.4) is 0 Å². The molecule has 1 aromatic heterocycles. The van der Waals surface area contributed by atoms with Gasteiger partial charge in [-0.05, 0) is 45.4 Å². The summed E-state index contributed by atoms with van der Waals surface area (Å²) in [5.74, 6) is -0.0304. The molecule has 2 heterocycles. The van der Waals surface area contributed by atoms with Gasteiger partial charge in [0.2, 0.25) is 0 Å². The van der Waals surface area contributed by atoms with Crippen molar-refractivity contribution in [2.45, 2.75) is 39.2 Å². The van der Waals surface area contributed by atoms with Gasteiger partial charge < -0.3 is 5.32 Å². The molecule has 0 radical (unpaired) electrons. The first-order chi connectivity index (χ1) is 9.16. The topological polar surface area (TPSA) is 45.2 Å². The largest absolute Gasteiger partial charge is 0.351 e. The van der Waals surface area contributed by atoms with Gasteiger partial charge in [0.05, 0.1) is 5.56 Å². The van der Waals surface area contributed by atoms with Crippen molar-refractivity contribution in [3.05, 3.63) is 29.6 Å². The first-order valence-corrected chi connectivity index (χ1v) is 7.12. The van der Waals surface area contributed by atoms with E-state index in [9.17, 15) is 4.79 Å². The minimum atomic E-state index is -0.0304. The van der Waals surface area contributed by atoms with E-state index in [2.05, 4.69) is 22.1 Å². The monoisotopic (exact) mass is 261 g/mol. The zero-order chi connectivity index (χ0) is 13.7. The Morgan fingerprint density at radius 3 is 3.00 bits per heavy atom. The summed E-state index contributed by atoms with van der Waals surface area (Å²) in [5.41, 5.74) is 1.57. The van der Waals surface area contributed by atoms with Crippen molar-refractivity contribution in [2.75, 3.05) is 19.6 Å². The predicted octanol–water partition coefficient (Wildman–Crippen LogP) is 1.99. The van der Waals surface area contributed by atoms with Crippen molar-refractivity contribution < 1.29 is 4.79 Å². The summed E-state index contributed by atoms with van der Waals surface area (Å²) in [6.07, 6.45) is 5.52. The van der Waals surface area contributed by atoms with Gasteiger partial charge in [-0.2, -0.15) is 0 Å². The predicted molar refractivity (Wildman–Crippen MR) is 76.2 cm³/mol. The Labute approximate surface area is 115 Å². The number of aryl methyl sites for hydroxylation is 1. The number of carbonyl (C=O) groups excluding carboxylic acids is 1. The van der Waals surface area contributed by atoms with Crippen LogP contribution in [0.25, 0.3) is 0 Å². The molecule has 1 aromatic rings. The lowest BCUT2D eigenvalue weighted by Crippen LogP contribution is -2.42. The lowest BCUT2D eigenvalue weighted by molar-refractivity contribution is 0.0938. The van der Waals surface area contributed by atoms with Crippen molar-refractivity contribution >= 4 is 5.91 Å². The summed E-state index contributed by atoms with van der Waals surface area (Å²) in [7, 11) is 0. The van der Waals surface area contributed by atoms with E-state index in [1.165, 1.54) is 19.3 Å². The quantitative estimate of drug-likeness (QED) is 0.901. The Bertz CT molecular complexity index is 416. The SMILES string of the molecule is Cc1ccc(C(=O)NCCN2CCCCC2C)cn1. The number of hydrogen-bond donors (Lipinski definition) is 1. The average molecular weight is 261 g/mol. The fourth-order valence-electron chi connectivity index (χ4n) is 2.51. The number of piperidine rings is 1. The number of amides is 1. The summed E-state index contributed by atoms with van der Waals surface area (Å²) < 4.78 is 0. The van der Waals surface area contributed by atoms with Gasteiger partial charge in [0.15, 0.2) is 0 Å². The summed E-state index contributed by atoms with van der Waals surface area (Å²) in [4.78, 5) is 18.5. The van der Waals surface area contributed by atoms with Crippen LogP contribution < -0.4 is 5.32 Å². The van der Waals surface area contributed by atoms with Crippen LogP contribution in [0.5, 0.6) is 0 Å². The Morgan fingerprint density at radius 2 is 2.32 bits per heavy atom. The smallest absolute Gasteiger partial charge is 0.252 e. The third-order valence-corrected chi connectivity index (χ3v) is 3.80. The average Bonchev–Trinajstić information content (AvgIpc) is 2.41. The van der Waals surface area contributed by atoms with Crippen LogP contribution >= 0.6 is 0 Å². The molecule has 1 unspecified atom stereocenters. The van der Waals surface area contributed by atoms with Crippen molar-refractivity contribution in [1.29, 1.82) is 0 Å². The van der Waals surface area contributed by atoms with E-state index in [0.717, 1.165) is 18.8 Å². The number of pyridine rings is 1. The van der Waals surface area contributed by atoms with Crippen molar-refractivity contribution in [2.24, 2.45) is 0 Å². The molecule has 0 aliphatic carbocycles. The van der Waals surface area contributed by atoms with E-state index < -0.39 is 0 Å². The molecule has 1 aliphatic heterocycles. The molecule has 104 valence electrons. The first-order valence-electron chi connectivity index (χ1n) is 7.12. The molecule has 0 spiro atoms. The van der Waals surface area contributed by atoms with E-state index >= 15 is 0 Å². The molecule has 1 N–H and O–H groups in total. The molecule has 1 atom stereocenters. The van der Waals surface area contributed by atoms with Gasteiger partial charge in [-0.3, -0.25) is 14.7 Å². The lowest BCUT2D eigenvalue weighted by Gasteiger charge is -2.33. The Kier molecular flexibility index (Phi) is 4.91. The molecule has 1 saturated heterocycles. The molecule has 0 saturated carbocycles. The first kappa shape index (κ1) is 14.0. The van der Waals surface area contributed by atoms with E-state index in [1.54, 1.807) is 6.20 Å². The molecule has 4 nitrogen and oxygen atoms in total. The highest BCUT2D eigenvalue weighted by Gasteiger charge is 2.17. The number of likely N-dealkylation sites (tertiary alicyclic amines) is 1. The van der Waals surface area contributed by atoms with Crippen LogP contribution in [0.4, 0.5) is 0 Å². The van der Waals surface area contributed by atoms with Gasteiger partial charge in [0, 0.05) is 31.0 Å². The van der Waals surface area contributed by atoms with E-state index in [1.807, 2.05) is 19.1 Å². The van der Waals surface area contributed by atoms with Gasteiger partial charge in [-0.15, -0.1) is 0 Å². The normalized spacial score (nSPS) is 20.2. The third-order valence-electron chi connectivity index (χ3n) is 3.80. The minimum Gasteiger partial charge on any atom is -0.351 e. The fourth-order valence-corrected chi connectivity index (χ4v) is 2.51. The van der Waals surface area contributed by atoms with Gasteiger partial charge in [0.1, 0.15) is 0 Å². The fraction of sp³-hybridized carbons (Fsp3) is 0.600. The summed E-state index contributed by atoms with van der Waals surface area (Å²) >= 11 is 0. The number of nitrogens with zero attached hydrogens (tertiary/aromatic N) is 2. The second-order valence-corrected chi connectivity index (χ2v) is 5.32. The van der Waals surface area contributed by atoms with E-state index in [4.69, 9.17) is 0 Å². The molecule has 0 bridgehead atoms. The van der Waals surface area contributed by atoms with Crippen molar-refractivity contribution in [1.82, 2.24) is 15.2 Å². The van der Waals surface area contributed by atoms with Crippen LogP contribution in [-0.2, 0) is 0 Å². The number of rotatable bonds is 4. The number of nitrogens with one attached hydrogen (secondary N) is 1. The molecule has 19 heavy (non-hydrogen) atoms. The van der Waals surface area contributed by atoms with Crippen molar-refractivity contribution in [3.8, 4) is 0 Å². The highest BCUT2D eigenvalue weighted by Crippen LogP contribution is 2.15. The van der Waals surface area contributed by atoms with Gasteiger partial charge in [-0.1, -0.05) is 6.42 Å². The maximum Gasteiger partial charge on any atom is 0.252 e. The maximum atomic E-state index is 11.9. The highest BCUT2D eigenvalue weighted by molar-refractivity contribution is 5.93.